The number of ether oxygens (including phenoxy) is 2. The SMILES string of the molecule is CCCCC(CC)CNC(=NC)NCCCCOCCOC. The molecule has 5 nitrogen and oxygen atoms in total. The summed E-state index contributed by atoms with van der Waals surface area (Å²) in [4.78, 5) is 4.28. The highest BCUT2D eigenvalue weighted by Crippen LogP contribution is 2.10. The number of guanidine groups is 1. The van der Waals surface area contributed by atoms with Gasteiger partial charge in [-0.2, -0.15) is 0 Å². The molecule has 1 unspecified atom stereocenters. The van der Waals surface area contributed by atoms with Crippen molar-refractivity contribution in [2.45, 2.75) is 52.4 Å². The van der Waals surface area contributed by atoms with Gasteiger partial charge in [0.25, 0.3) is 0 Å². The van der Waals surface area contributed by atoms with E-state index in [0.717, 1.165) is 44.4 Å². The van der Waals surface area contributed by atoms with Crippen LogP contribution >= 0.6 is 0 Å². The van der Waals surface area contributed by atoms with Gasteiger partial charge in [-0.05, 0) is 25.2 Å². The Morgan fingerprint density at radius 1 is 1.05 bits per heavy atom. The first-order valence-electron chi connectivity index (χ1n) is 8.79. The Morgan fingerprint density at radius 2 is 1.86 bits per heavy atom. The van der Waals surface area contributed by atoms with Crippen LogP contribution in [-0.2, 0) is 9.47 Å². The third kappa shape index (κ3) is 12.9. The number of nitrogens with one attached hydrogen (secondary N) is 2. The molecule has 0 heterocycles. The Bertz CT molecular complexity index is 260. The Labute approximate surface area is 137 Å². The number of methoxy groups -OCH3 is 1. The van der Waals surface area contributed by atoms with Gasteiger partial charge in [-0.25, -0.2) is 0 Å². The third-order valence-electron chi connectivity index (χ3n) is 3.76. The Morgan fingerprint density at radius 3 is 2.50 bits per heavy atom. The number of unbranched alkanes of at least 4 members (excludes halogenated alkanes) is 2. The van der Waals surface area contributed by atoms with Crippen molar-refractivity contribution < 1.29 is 9.47 Å². The lowest BCUT2D eigenvalue weighted by molar-refractivity contribution is 0.0689. The number of hydrogen-bond donors (Lipinski definition) is 2. The summed E-state index contributed by atoms with van der Waals surface area (Å²) in [5.74, 6) is 1.66. The molecule has 0 aliphatic heterocycles. The van der Waals surface area contributed by atoms with Gasteiger partial charge in [0.1, 0.15) is 0 Å². The topological polar surface area (TPSA) is 54.9 Å². The second-order valence-electron chi connectivity index (χ2n) is 5.61. The molecular formula is C17H37N3O2. The molecule has 0 saturated heterocycles. The molecular weight excluding hydrogens is 278 g/mol. The molecule has 0 bridgehead atoms. The van der Waals surface area contributed by atoms with Crippen LogP contribution in [0.3, 0.4) is 0 Å². The van der Waals surface area contributed by atoms with Crippen molar-refractivity contribution in [3.05, 3.63) is 0 Å². The lowest BCUT2D eigenvalue weighted by atomic mass is 9.99. The first-order valence-corrected chi connectivity index (χ1v) is 8.79. The molecule has 2 N–H and O–H groups in total. The summed E-state index contributed by atoms with van der Waals surface area (Å²) >= 11 is 0. The summed E-state index contributed by atoms with van der Waals surface area (Å²) < 4.78 is 10.4. The fraction of sp³-hybridized carbons (Fsp3) is 0.941. The van der Waals surface area contributed by atoms with Crippen molar-refractivity contribution in [3.8, 4) is 0 Å². The van der Waals surface area contributed by atoms with Crippen LogP contribution in [0.2, 0.25) is 0 Å². The zero-order valence-electron chi connectivity index (χ0n) is 15.1. The fourth-order valence-electron chi connectivity index (χ4n) is 2.19. The lowest BCUT2D eigenvalue weighted by Gasteiger charge is -2.18. The normalized spacial score (nSPS) is 13.2. The minimum Gasteiger partial charge on any atom is -0.382 e. The molecule has 0 aliphatic carbocycles. The number of hydrogen-bond acceptors (Lipinski definition) is 3. The quantitative estimate of drug-likeness (QED) is 0.294. The van der Waals surface area contributed by atoms with Crippen molar-refractivity contribution in [2.24, 2.45) is 10.9 Å². The molecule has 0 amide bonds. The minimum absolute atomic E-state index is 0.672. The molecule has 0 aliphatic rings. The second kappa shape index (κ2) is 16.6. The van der Waals surface area contributed by atoms with E-state index in [1.165, 1.54) is 25.7 Å². The number of aliphatic imine (C=N–C) groups is 1. The molecule has 0 radical (unpaired) electrons. The Kier molecular flexibility index (Phi) is 15.9. The van der Waals surface area contributed by atoms with Gasteiger partial charge in [0.15, 0.2) is 5.96 Å². The van der Waals surface area contributed by atoms with Gasteiger partial charge in [-0.15, -0.1) is 0 Å². The van der Waals surface area contributed by atoms with E-state index < -0.39 is 0 Å². The zero-order valence-corrected chi connectivity index (χ0v) is 15.1. The summed E-state index contributed by atoms with van der Waals surface area (Å²) in [6.45, 7) is 8.61. The van der Waals surface area contributed by atoms with Crippen LogP contribution < -0.4 is 10.6 Å². The molecule has 0 rings (SSSR count). The summed E-state index contributed by atoms with van der Waals surface area (Å²) in [5.41, 5.74) is 0. The van der Waals surface area contributed by atoms with Crippen LogP contribution in [-0.4, -0.2) is 53.0 Å². The average molecular weight is 316 g/mol. The second-order valence-corrected chi connectivity index (χ2v) is 5.61. The predicted molar refractivity (Wildman–Crippen MR) is 94.6 cm³/mol. The molecule has 22 heavy (non-hydrogen) atoms. The number of nitrogens with zero attached hydrogens (tertiary/aromatic N) is 1. The maximum Gasteiger partial charge on any atom is 0.190 e. The van der Waals surface area contributed by atoms with Crippen LogP contribution in [0.5, 0.6) is 0 Å². The summed E-state index contributed by atoms with van der Waals surface area (Å²) in [5, 5.41) is 6.80. The highest BCUT2D eigenvalue weighted by atomic mass is 16.5. The predicted octanol–water partition coefficient (Wildman–Crippen LogP) is 2.81. The largest absolute Gasteiger partial charge is 0.382 e. The summed E-state index contributed by atoms with van der Waals surface area (Å²) in [6.07, 6.45) is 7.26. The molecule has 0 aromatic heterocycles. The highest BCUT2D eigenvalue weighted by Gasteiger charge is 2.06. The van der Waals surface area contributed by atoms with Gasteiger partial charge in [-0.1, -0.05) is 33.1 Å². The first kappa shape index (κ1) is 21.2. The van der Waals surface area contributed by atoms with Gasteiger partial charge < -0.3 is 20.1 Å². The van der Waals surface area contributed by atoms with Gasteiger partial charge in [0.2, 0.25) is 0 Å². The van der Waals surface area contributed by atoms with Gasteiger partial charge in [0, 0.05) is 33.9 Å². The molecule has 0 aromatic rings. The Balaban J connectivity index is 3.62. The monoisotopic (exact) mass is 315 g/mol. The van der Waals surface area contributed by atoms with E-state index >= 15 is 0 Å². The standard InChI is InChI=1S/C17H37N3O2/c1-5-7-10-16(6-2)15-20-17(18-3)19-11-8-9-12-22-14-13-21-4/h16H,5-15H2,1-4H3,(H2,18,19,20). The van der Waals surface area contributed by atoms with Crippen LogP contribution in [0.15, 0.2) is 4.99 Å². The van der Waals surface area contributed by atoms with Gasteiger partial charge in [0.05, 0.1) is 13.2 Å². The minimum atomic E-state index is 0.672. The van der Waals surface area contributed by atoms with E-state index in [1.807, 2.05) is 7.05 Å². The van der Waals surface area contributed by atoms with E-state index in [1.54, 1.807) is 7.11 Å². The van der Waals surface area contributed by atoms with E-state index in [2.05, 4.69) is 29.5 Å². The van der Waals surface area contributed by atoms with Gasteiger partial charge in [-0.3, -0.25) is 4.99 Å². The summed E-state index contributed by atoms with van der Waals surface area (Å²) in [7, 11) is 3.52. The molecule has 0 spiro atoms. The van der Waals surface area contributed by atoms with Crippen molar-refractivity contribution in [2.75, 3.05) is 47.1 Å². The maximum atomic E-state index is 5.44. The van der Waals surface area contributed by atoms with Crippen molar-refractivity contribution in [1.82, 2.24) is 10.6 Å². The van der Waals surface area contributed by atoms with Crippen LogP contribution in [0.4, 0.5) is 0 Å². The van der Waals surface area contributed by atoms with Crippen LogP contribution in [0.1, 0.15) is 52.4 Å². The third-order valence-corrected chi connectivity index (χ3v) is 3.76. The highest BCUT2D eigenvalue weighted by molar-refractivity contribution is 5.79. The number of rotatable bonds is 14. The smallest absolute Gasteiger partial charge is 0.190 e. The van der Waals surface area contributed by atoms with E-state index in [4.69, 9.17) is 9.47 Å². The molecule has 0 saturated carbocycles. The van der Waals surface area contributed by atoms with Gasteiger partial charge >= 0.3 is 0 Å². The van der Waals surface area contributed by atoms with E-state index in [-0.39, 0.29) is 0 Å². The molecule has 5 heteroatoms. The average Bonchev–Trinajstić information content (AvgIpc) is 2.55. The molecule has 1 atom stereocenters. The fourth-order valence-corrected chi connectivity index (χ4v) is 2.19. The molecule has 132 valence electrons. The summed E-state index contributed by atoms with van der Waals surface area (Å²) in [6, 6.07) is 0. The van der Waals surface area contributed by atoms with E-state index in [0.29, 0.717) is 13.2 Å². The van der Waals surface area contributed by atoms with Crippen LogP contribution in [0.25, 0.3) is 0 Å². The lowest BCUT2D eigenvalue weighted by Crippen LogP contribution is -2.40. The van der Waals surface area contributed by atoms with Crippen LogP contribution in [0, 0.1) is 5.92 Å². The van der Waals surface area contributed by atoms with Crippen molar-refractivity contribution in [1.29, 1.82) is 0 Å². The Hall–Kier alpha value is -0.810. The zero-order chi connectivity index (χ0) is 16.5. The van der Waals surface area contributed by atoms with Crippen molar-refractivity contribution in [3.63, 3.8) is 0 Å². The first-order chi connectivity index (χ1) is 10.8. The molecule has 0 fully saturated rings. The maximum absolute atomic E-state index is 5.44. The molecule has 0 aromatic carbocycles. The van der Waals surface area contributed by atoms with E-state index in [9.17, 15) is 0 Å². The van der Waals surface area contributed by atoms with Crippen molar-refractivity contribution >= 4 is 5.96 Å².